The van der Waals surface area contributed by atoms with Gasteiger partial charge in [0.1, 0.15) is 10.8 Å². The molecule has 0 heterocycles. The lowest BCUT2D eigenvalue weighted by Crippen LogP contribution is -2.06. The van der Waals surface area contributed by atoms with Crippen LogP contribution in [-0.4, -0.2) is 16.5 Å². The second-order valence-corrected chi connectivity index (χ2v) is 6.01. The summed E-state index contributed by atoms with van der Waals surface area (Å²) < 4.78 is 0. The smallest absolute Gasteiger partial charge is 0.180 e. The third-order valence-corrected chi connectivity index (χ3v) is 4.42. The molecule has 2 rings (SSSR count). The average Bonchev–Trinajstić information content (AvgIpc) is 2.54. The van der Waals surface area contributed by atoms with Gasteiger partial charge in [0.25, 0.3) is 0 Å². The van der Waals surface area contributed by atoms with Gasteiger partial charge in [0.05, 0.1) is 11.2 Å². The summed E-state index contributed by atoms with van der Waals surface area (Å²) >= 11 is 13.2. The van der Waals surface area contributed by atoms with Crippen molar-refractivity contribution in [2.75, 3.05) is 0 Å². The summed E-state index contributed by atoms with van der Waals surface area (Å²) in [5.74, 6) is 0.641. The van der Waals surface area contributed by atoms with Crippen LogP contribution in [0.2, 0.25) is 10.0 Å². The van der Waals surface area contributed by atoms with Gasteiger partial charge in [-0.2, -0.15) is 5.10 Å². The molecular weight excluding hydrogens is 341 g/mol. The van der Waals surface area contributed by atoms with Crippen molar-refractivity contribution < 1.29 is 5.11 Å². The molecule has 0 aliphatic rings. The number of nitrogens with two attached hydrogens (primary N) is 1. The summed E-state index contributed by atoms with van der Waals surface area (Å²) in [6.07, 6.45) is 1.43. The van der Waals surface area contributed by atoms with E-state index in [0.29, 0.717) is 10.7 Å². The number of thioether (sulfide) groups is 1. The molecule has 2 aromatic rings. The topological polar surface area (TPSA) is 71.0 Å². The van der Waals surface area contributed by atoms with Crippen LogP contribution in [0.1, 0.15) is 11.1 Å². The van der Waals surface area contributed by atoms with Crippen LogP contribution in [0.5, 0.6) is 5.75 Å². The molecule has 0 radical (unpaired) electrons. The summed E-state index contributed by atoms with van der Waals surface area (Å²) in [6, 6.07) is 13.0. The zero-order valence-electron chi connectivity index (χ0n) is 11.4. The maximum atomic E-state index is 9.40. The molecule has 3 N–H and O–H groups in total. The largest absolute Gasteiger partial charge is 0.506 e. The monoisotopic (exact) mass is 353 g/mol. The molecule has 0 spiro atoms. The van der Waals surface area contributed by atoms with Gasteiger partial charge in [0, 0.05) is 11.3 Å². The van der Waals surface area contributed by atoms with Crippen molar-refractivity contribution in [1.29, 1.82) is 0 Å². The van der Waals surface area contributed by atoms with Gasteiger partial charge in [-0.3, -0.25) is 0 Å². The molecule has 4 nitrogen and oxygen atoms in total. The molecule has 0 atom stereocenters. The summed E-state index contributed by atoms with van der Waals surface area (Å²) in [6.45, 7) is 0. The summed E-state index contributed by atoms with van der Waals surface area (Å²) in [5, 5.41) is 17.8. The van der Waals surface area contributed by atoms with Crippen molar-refractivity contribution in [3.63, 3.8) is 0 Å². The minimum Gasteiger partial charge on any atom is -0.506 e. The van der Waals surface area contributed by atoms with Crippen LogP contribution >= 0.6 is 35.0 Å². The van der Waals surface area contributed by atoms with Crippen LogP contribution in [0, 0.1) is 0 Å². The van der Waals surface area contributed by atoms with Gasteiger partial charge < -0.3 is 10.8 Å². The lowest BCUT2D eigenvalue weighted by Gasteiger charge is -2.02. The van der Waals surface area contributed by atoms with E-state index in [9.17, 15) is 5.11 Å². The van der Waals surface area contributed by atoms with Crippen LogP contribution in [0.3, 0.4) is 0 Å². The van der Waals surface area contributed by atoms with Crippen LogP contribution in [0.15, 0.2) is 52.7 Å². The van der Waals surface area contributed by atoms with Gasteiger partial charge >= 0.3 is 0 Å². The summed E-state index contributed by atoms with van der Waals surface area (Å²) in [7, 11) is 0. The summed E-state index contributed by atoms with van der Waals surface area (Å²) in [5.41, 5.74) is 7.48. The molecule has 0 aromatic heterocycles. The Balaban J connectivity index is 1.97. The van der Waals surface area contributed by atoms with E-state index in [1.165, 1.54) is 24.0 Å². The first-order valence-electron chi connectivity index (χ1n) is 6.28. The second-order valence-electron chi connectivity index (χ2n) is 4.26. The number of hydrogen-bond donors (Lipinski definition) is 2. The molecule has 0 bridgehead atoms. The molecule has 22 heavy (non-hydrogen) atoms. The van der Waals surface area contributed by atoms with Gasteiger partial charge in [-0.25, -0.2) is 0 Å². The van der Waals surface area contributed by atoms with E-state index >= 15 is 0 Å². The highest BCUT2D eigenvalue weighted by molar-refractivity contribution is 8.13. The first kappa shape index (κ1) is 16.7. The normalized spacial score (nSPS) is 12.0. The van der Waals surface area contributed by atoms with Crippen molar-refractivity contribution in [3.05, 3.63) is 63.6 Å². The first-order valence-corrected chi connectivity index (χ1v) is 8.02. The molecule has 0 fully saturated rings. The Labute approximate surface area is 142 Å². The molecule has 0 saturated heterocycles. The van der Waals surface area contributed by atoms with Crippen molar-refractivity contribution in [2.45, 2.75) is 5.75 Å². The Morgan fingerprint density at radius 3 is 2.59 bits per heavy atom. The van der Waals surface area contributed by atoms with Crippen LogP contribution in [-0.2, 0) is 5.75 Å². The van der Waals surface area contributed by atoms with E-state index in [1.807, 2.05) is 30.3 Å². The van der Waals surface area contributed by atoms with Gasteiger partial charge in [0.15, 0.2) is 5.17 Å². The summed E-state index contributed by atoms with van der Waals surface area (Å²) in [4.78, 5) is 0. The van der Waals surface area contributed by atoms with E-state index in [2.05, 4.69) is 10.2 Å². The fourth-order valence-electron chi connectivity index (χ4n) is 1.56. The molecule has 0 aliphatic carbocycles. The standard InChI is InChI=1S/C15H13Cl2N3OS/c16-13-11(6-7-12(21)14(13)17)8-19-20-15(18)22-9-10-4-2-1-3-5-10/h1-8,21H,9H2,(H2,18,20). The van der Waals surface area contributed by atoms with Gasteiger partial charge in [-0.15, -0.1) is 5.10 Å². The highest BCUT2D eigenvalue weighted by Crippen LogP contribution is 2.32. The highest BCUT2D eigenvalue weighted by atomic mass is 35.5. The van der Waals surface area contributed by atoms with Gasteiger partial charge in [-0.1, -0.05) is 65.3 Å². The van der Waals surface area contributed by atoms with Crippen LogP contribution < -0.4 is 5.73 Å². The fourth-order valence-corrected chi connectivity index (χ4v) is 2.55. The second kappa shape index (κ2) is 8.08. The Bertz CT molecular complexity index is 705. The quantitative estimate of drug-likeness (QED) is 0.489. The van der Waals surface area contributed by atoms with E-state index in [4.69, 9.17) is 28.9 Å². The number of phenols is 1. The third-order valence-electron chi connectivity index (χ3n) is 2.67. The number of hydrogen-bond acceptors (Lipinski definition) is 4. The molecule has 2 aromatic carbocycles. The predicted molar refractivity (Wildman–Crippen MR) is 95.1 cm³/mol. The highest BCUT2D eigenvalue weighted by Gasteiger charge is 2.07. The molecule has 0 saturated carbocycles. The number of aromatic hydroxyl groups is 1. The number of rotatable bonds is 4. The Morgan fingerprint density at radius 2 is 1.86 bits per heavy atom. The average molecular weight is 354 g/mol. The molecular formula is C15H13Cl2N3OS. The van der Waals surface area contributed by atoms with E-state index in [0.717, 1.165) is 11.3 Å². The molecule has 0 aliphatic heterocycles. The lowest BCUT2D eigenvalue weighted by atomic mass is 10.2. The van der Waals surface area contributed by atoms with Crippen molar-refractivity contribution in [2.24, 2.45) is 15.9 Å². The zero-order valence-corrected chi connectivity index (χ0v) is 13.7. The van der Waals surface area contributed by atoms with Crippen molar-refractivity contribution >= 4 is 46.3 Å². The Morgan fingerprint density at radius 1 is 1.14 bits per heavy atom. The number of nitrogens with zero attached hydrogens (tertiary/aromatic N) is 2. The Kier molecular flexibility index (Phi) is 6.12. The zero-order chi connectivity index (χ0) is 15.9. The lowest BCUT2D eigenvalue weighted by molar-refractivity contribution is 0.475. The predicted octanol–water partition coefficient (Wildman–Crippen LogP) is 4.28. The van der Waals surface area contributed by atoms with Crippen molar-refractivity contribution in [1.82, 2.24) is 0 Å². The maximum absolute atomic E-state index is 9.40. The number of benzene rings is 2. The van der Waals surface area contributed by atoms with E-state index < -0.39 is 0 Å². The van der Waals surface area contributed by atoms with E-state index in [1.54, 1.807) is 6.07 Å². The molecule has 0 amide bonds. The number of phenolic OH excluding ortho intramolecular Hbond substituents is 1. The minimum absolute atomic E-state index is 0.0785. The van der Waals surface area contributed by atoms with Crippen LogP contribution in [0.25, 0.3) is 0 Å². The Hall–Kier alpha value is -1.69. The molecule has 0 unspecified atom stereocenters. The maximum Gasteiger partial charge on any atom is 0.180 e. The van der Waals surface area contributed by atoms with Gasteiger partial charge in [-0.05, 0) is 17.7 Å². The van der Waals surface area contributed by atoms with Crippen LogP contribution in [0.4, 0.5) is 0 Å². The molecule has 7 heteroatoms. The van der Waals surface area contributed by atoms with Crippen molar-refractivity contribution in [3.8, 4) is 5.75 Å². The fraction of sp³-hybridized carbons (Fsp3) is 0.0667. The van der Waals surface area contributed by atoms with E-state index in [-0.39, 0.29) is 15.8 Å². The SMILES string of the molecule is NC(=NN=Cc1ccc(O)c(Cl)c1Cl)SCc1ccccc1. The number of amidine groups is 1. The number of halogens is 2. The first-order chi connectivity index (χ1) is 10.6. The third kappa shape index (κ3) is 4.66. The molecule has 114 valence electrons. The van der Waals surface area contributed by atoms with Gasteiger partial charge in [0.2, 0.25) is 0 Å². The minimum atomic E-state index is -0.0785.